The van der Waals surface area contributed by atoms with Crippen molar-refractivity contribution in [1.29, 1.82) is 0 Å². The number of halogens is 1. The van der Waals surface area contributed by atoms with Crippen molar-refractivity contribution in [2.75, 3.05) is 7.05 Å². The number of hydrogen-bond acceptors (Lipinski definition) is 3. The Morgan fingerprint density at radius 1 is 1.59 bits per heavy atom. The average Bonchev–Trinajstić information content (AvgIpc) is 2.28. The van der Waals surface area contributed by atoms with Gasteiger partial charge in [-0.05, 0) is 47.1 Å². The Kier molecular flexibility index (Phi) is 5.44. The van der Waals surface area contributed by atoms with Crippen LogP contribution in [0.25, 0.3) is 0 Å². The van der Waals surface area contributed by atoms with Crippen molar-refractivity contribution in [3.63, 3.8) is 0 Å². The van der Waals surface area contributed by atoms with Gasteiger partial charge < -0.3 is 15.2 Å². The molecule has 0 aliphatic heterocycles. The molecule has 1 aromatic rings. The lowest BCUT2D eigenvalue weighted by Gasteiger charge is -2.15. The molecule has 94 valence electrons. The molecule has 0 amide bonds. The fraction of sp³-hybridized carbons (Fsp3) is 0.417. The first-order chi connectivity index (χ1) is 8.08. The first-order valence-corrected chi connectivity index (χ1v) is 6.20. The van der Waals surface area contributed by atoms with Crippen LogP contribution in [0.2, 0.25) is 0 Å². The molecule has 4 nitrogen and oxygen atoms in total. The van der Waals surface area contributed by atoms with Crippen LogP contribution in [0.1, 0.15) is 18.9 Å². The Morgan fingerprint density at radius 3 is 2.76 bits per heavy atom. The molecule has 5 heteroatoms. The Balaban J connectivity index is 2.81. The van der Waals surface area contributed by atoms with Crippen LogP contribution in [-0.4, -0.2) is 24.2 Å². The summed E-state index contributed by atoms with van der Waals surface area (Å²) in [6.45, 7) is 2.54. The number of aliphatic carboxylic acids is 1. The minimum atomic E-state index is -0.946. The van der Waals surface area contributed by atoms with E-state index in [-0.39, 0.29) is 0 Å². The van der Waals surface area contributed by atoms with Gasteiger partial charge in [0, 0.05) is 6.54 Å². The average molecular weight is 302 g/mol. The maximum Gasteiger partial charge on any atom is 0.344 e. The molecule has 0 aromatic heterocycles. The monoisotopic (exact) mass is 301 g/mol. The zero-order valence-electron chi connectivity index (χ0n) is 9.87. The Hall–Kier alpha value is -1.07. The minimum absolute atomic E-state index is 0.431. The van der Waals surface area contributed by atoms with Gasteiger partial charge in [0.15, 0.2) is 6.10 Å². The molecule has 2 N–H and O–H groups in total. The van der Waals surface area contributed by atoms with Crippen molar-refractivity contribution < 1.29 is 14.6 Å². The second-order valence-electron chi connectivity index (χ2n) is 3.65. The predicted molar refractivity (Wildman–Crippen MR) is 69.2 cm³/mol. The number of rotatable bonds is 6. The summed E-state index contributed by atoms with van der Waals surface area (Å²) >= 11 is 3.38. The van der Waals surface area contributed by atoms with Crippen LogP contribution in [0.15, 0.2) is 22.7 Å². The Bertz CT molecular complexity index is 395. The zero-order valence-corrected chi connectivity index (χ0v) is 11.5. The van der Waals surface area contributed by atoms with Gasteiger partial charge in [0.25, 0.3) is 0 Å². The molecule has 0 spiro atoms. The van der Waals surface area contributed by atoms with E-state index >= 15 is 0 Å². The number of benzene rings is 1. The molecule has 0 radical (unpaired) electrons. The quantitative estimate of drug-likeness (QED) is 0.847. The summed E-state index contributed by atoms with van der Waals surface area (Å²) < 4.78 is 6.19. The summed E-state index contributed by atoms with van der Waals surface area (Å²) in [5.41, 5.74) is 1.11. The van der Waals surface area contributed by atoms with Crippen molar-refractivity contribution >= 4 is 21.9 Å². The summed E-state index contributed by atoms with van der Waals surface area (Å²) in [6, 6.07) is 5.61. The van der Waals surface area contributed by atoms with Crippen LogP contribution in [0, 0.1) is 0 Å². The summed E-state index contributed by atoms with van der Waals surface area (Å²) in [7, 11) is 1.87. The fourth-order valence-corrected chi connectivity index (χ4v) is 1.94. The normalized spacial score (nSPS) is 12.2. The molecular weight excluding hydrogens is 286 g/mol. The molecule has 1 rings (SSSR count). The van der Waals surface area contributed by atoms with E-state index in [1.54, 1.807) is 13.0 Å². The second kappa shape index (κ2) is 6.61. The smallest absolute Gasteiger partial charge is 0.344 e. The second-order valence-corrected chi connectivity index (χ2v) is 4.50. The highest BCUT2D eigenvalue weighted by Crippen LogP contribution is 2.27. The third-order valence-corrected chi connectivity index (χ3v) is 2.91. The zero-order chi connectivity index (χ0) is 12.8. The van der Waals surface area contributed by atoms with Gasteiger partial charge in [-0.3, -0.25) is 0 Å². The Labute approximate surface area is 109 Å². The van der Waals surface area contributed by atoms with E-state index in [1.165, 1.54) is 0 Å². The number of nitrogens with one attached hydrogen (secondary N) is 1. The van der Waals surface area contributed by atoms with Gasteiger partial charge in [0.05, 0.1) is 4.47 Å². The van der Waals surface area contributed by atoms with Crippen LogP contribution in [0.3, 0.4) is 0 Å². The molecule has 1 atom stereocenters. The van der Waals surface area contributed by atoms with Crippen LogP contribution in [0.5, 0.6) is 5.75 Å². The van der Waals surface area contributed by atoms with Crippen LogP contribution < -0.4 is 10.1 Å². The van der Waals surface area contributed by atoms with Crippen molar-refractivity contribution in [2.45, 2.75) is 26.0 Å². The molecule has 1 aromatic carbocycles. The van der Waals surface area contributed by atoms with Crippen molar-refractivity contribution in [2.24, 2.45) is 0 Å². The van der Waals surface area contributed by atoms with Gasteiger partial charge in [-0.2, -0.15) is 0 Å². The molecule has 0 bridgehead atoms. The van der Waals surface area contributed by atoms with Crippen molar-refractivity contribution in [3.05, 3.63) is 28.2 Å². The Morgan fingerprint density at radius 2 is 2.29 bits per heavy atom. The number of carboxylic acid groups (broad SMARTS) is 1. The van der Waals surface area contributed by atoms with E-state index in [0.717, 1.165) is 16.6 Å². The molecule has 0 aliphatic rings. The SMILES string of the molecule is CCC(Oc1ccc(CNC)cc1Br)C(=O)O. The van der Waals surface area contributed by atoms with Crippen LogP contribution in [-0.2, 0) is 11.3 Å². The maximum absolute atomic E-state index is 10.9. The molecule has 0 fully saturated rings. The first-order valence-electron chi connectivity index (χ1n) is 5.41. The molecule has 0 saturated carbocycles. The summed E-state index contributed by atoms with van der Waals surface area (Å²) in [6.07, 6.45) is -0.374. The highest BCUT2D eigenvalue weighted by molar-refractivity contribution is 9.10. The molecule has 0 heterocycles. The number of carboxylic acids is 1. The standard InChI is InChI=1S/C12H16BrNO3/c1-3-10(12(15)16)17-11-5-4-8(7-14-2)6-9(11)13/h4-6,10,14H,3,7H2,1-2H3,(H,15,16). The van der Waals surface area contributed by atoms with Gasteiger partial charge >= 0.3 is 5.97 Å². The molecular formula is C12H16BrNO3. The number of hydrogen-bond donors (Lipinski definition) is 2. The van der Waals surface area contributed by atoms with Gasteiger partial charge in [-0.15, -0.1) is 0 Å². The molecule has 1 unspecified atom stereocenters. The van der Waals surface area contributed by atoms with Crippen molar-refractivity contribution in [3.8, 4) is 5.75 Å². The van der Waals surface area contributed by atoms with Gasteiger partial charge in [-0.25, -0.2) is 4.79 Å². The lowest BCUT2D eigenvalue weighted by Crippen LogP contribution is -2.26. The highest BCUT2D eigenvalue weighted by atomic mass is 79.9. The molecule has 17 heavy (non-hydrogen) atoms. The lowest BCUT2D eigenvalue weighted by molar-refractivity contribution is -0.145. The minimum Gasteiger partial charge on any atom is -0.479 e. The molecule has 0 aliphatic carbocycles. The largest absolute Gasteiger partial charge is 0.479 e. The van der Waals surface area contributed by atoms with Crippen LogP contribution >= 0.6 is 15.9 Å². The van der Waals surface area contributed by atoms with Gasteiger partial charge in [0.1, 0.15) is 5.75 Å². The summed E-state index contributed by atoms with van der Waals surface area (Å²) in [5, 5.41) is 12.0. The fourth-order valence-electron chi connectivity index (χ4n) is 1.42. The maximum atomic E-state index is 10.9. The summed E-state index contributed by atoms with van der Waals surface area (Å²) in [5.74, 6) is -0.391. The van der Waals surface area contributed by atoms with E-state index in [1.807, 2.05) is 19.2 Å². The lowest BCUT2D eigenvalue weighted by atomic mass is 10.2. The summed E-state index contributed by atoms with van der Waals surface area (Å²) in [4.78, 5) is 10.9. The third-order valence-electron chi connectivity index (χ3n) is 2.29. The predicted octanol–water partition coefficient (Wildman–Crippen LogP) is 2.41. The van der Waals surface area contributed by atoms with Crippen LogP contribution in [0.4, 0.5) is 0 Å². The van der Waals surface area contributed by atoms with Gasteiger partial charge in [0.2, 0.25) is 0 Å². The first kappa shape index (κ1) is 14.0. The van der Waals surface area contributed by atoms with E-state index in [0.29, 0.717) is 12.2 Å². The van der Waals surface area contributed by atoms with Crippen molar-refractivity contribution in [1.82, 2.24) is 5.32 Å². The third kappa shape index (κ3) is 4.02. The number of carbonyl (C=O) groups is 1. The molecule has 0 saturated heterocycles. The van der Waals surface area contributed by atoms with E-state index in [9.17, 15) is 4.79 Å². The van der Waals surface area contributed by atoms with E-state index < -0.39 is 12.1 Å². The highest BCUT2D eigenvalue weighted by Gasteiger charge is 2.17. The number of ether oxygens (including phenoxy) is 1. The van der Waals surface area contributed by atoms with E-state index in [2.05, 4.69) is 21.2 Å². The van der Waals surface area contributed by atoms with E-state index in [4.69, 9.17) is 9.84 Å². The topological polar surface area (TPSA) is 58.6 Å². The van der Waals surface area contributed by atoms with Gasteiger partial charge in [-0.1, -0.05) is 13.0 Å².